The number of halogens is 1. The first-order valence-corrected chi connectivity index (χ1v) is 8.08. The van der Waals surface area contributed by atoms with Crippen molar-refractivity contribution < 1.29 is 23.7 Å². The maximum Gasteiger partial charge on any atom is 0.123 e. The van der Waals surface area contributed by atoms with Crippen LogP contribution in [-0.4, -0.2) is 68.8 Å². The predicted octanol–water partition coefficient (Wildman–Crippen LogP) is 1.69. The molecule has 1 aliphatic heterocycles. The van der Waals surface area contributed by atoms with Crippen molar-refractivity contribution in [3.05, 3.63) is 30.1 Å². The molecule has 130 valence electrons. The number of benzene rings is 1. The summed E-state index contributed by atoms with van der Waals surface area (Å²) in [5.74, 6) is 0.362. The summed E-state index contributed by atoms with van der Waals surface area (Å²) in [4.78, 5) is 1.98. The van der Waals surface area contributed by atoms with Crippen LogP contribution >= 0.6 is 0 Å². The third-order valence-corrected chi connectivity index (χ3v) is 3.72. The van der Waals surface area contributed by atoms with Gasteiger partial charge < -0.3 is 24.2 Å². The fourth-order valence-electron chi connectivity index (χ4n) is 2.47. The molecule has 1 fully saturated rings. The highest BCUT2D eigenvalue weighted by Crippen LogP contribution is 2.12. The van der Waals surface area contributed by atoms with E-state index in [1.165, 1.54) is 12.1 Å². The molecular weight excluding hydrogens is 301 g/mol. The normalized spacial score (nSPS) is 19.2. The highest BCUT2D eigenvalue weighted by atomic mass is 19.1. The monoisotopic (exact) mass is 327 g/mol. The van der Waals surface area contributed by atoms with E-state index in [-0.39, 0.29) is 11.9 Å². The third-order valence-electron chi connectivity index (χ3n) is 3.72. The second-order valence-electron chi connectivity index (χ2n) is 5.89. The molecular formula is C17H26FNO4. The van der Waals surface area contributed by atoms with Crippen molar-refractivity contribution in [2.45, 2.75) is 25.0 Å². The number of aliphatic hydroxyl groups is 1. The van der Waals surface area contributed by atoms with Crippen molar-refractivity contribution in [2.75, 3.05) is 46.6 Å². The van der Waals surface area contributed by atoms with Gasteiger partial charge in [0, 0.05) is 19.7 Å². The summed E-state index contributed by atoms with van der Waals surface area (Å²) in [6.45, 7) is 3.33. The molecule has 2 atom stereocenters. The average Bonchev–Trinajstić information content (AvgIpc) is 3.02. The van der Waals surface area contributed by atoms with Crippen LogP contribution in [0.3, 0.4) is 0 Å². The van der Waals surface area contributed by atoms with Gasteiger partial charge in [-0.3, -0.25) is 0 Å². The average molecular weight is 327 g/mol. The summed E-state index contributed by atoms with van der Waals surface area (Å²) < 4.78 is 29.3. The van der Waals surface area contributed by atoms with E-state index >= 15 is 0 Å². The van der Waals surface area contributed by atoms with E-state index in [1.54, 1.807) is 12.1 Å². The second-order valence-corrected chi connectivity index (χ2v) is 5.89. The van der Waals surface area contributed by atoms with Gasteiger partial charge in [0.15, 0.2) is 0 Å². The van der Waals surface area contributed by atoms with E-state index < -0.39 is 6.10 Å². The Kier molecular flexibility index (Phi) is 7.74. The molecule has 1 aromatic rings. The summed E-state index contributed by atoms with van der Waals surface area (Å²) in [5, 5.41) is 9.95. The number of hydrogen-bond acceptors (Lipinski definition) is 5. The van der Waals surface area contributed by atoms with Crippen LogP contribution in [0.5, 0.6) is 5.75 Å². The molecule has 1 N–H and O–H groups in total. The fourth-order valence-corrected chi connectivity index (χ4v) is 2.47. The van der Waals surface area contributed by atoms with Crippen molar-refractivity contribution in [1.29, 1.82) is 0 Å². The fraction of sp³-hybridized carbons (Fsp3) is 0.647. The van der Waals surface area contributed by atoms with Crippen LogP contribution in [-0.2, 0) is 9.47 Å². The Hall–Kier alpha value is -1.21. The molecule has 0 radical (unpaired) electrons. The van der Waals surface area contributed by atoms with Gasteiger partial charge in [0.2, 0.25) is 0 Å². The number of aliphatic hydroxyl groups excluding tert-OH is 1. The second kappa shape index (κ2) is 9.82. The Labute approximate surface area is 137 Å². The van der Waals surface area contributed by atoms with Crippen LogP contribution < -0.4 is 4.74 Å². The van der Waals surface area contributed by atoms with Crippen molar-refractivity contribution in [2.24, 2.45) is 0 Å². The number of ether oxygens (including phenoxy) is 3. The summed E-state index contributed by atoms with van der Waals surface area (Å²) in [7, 11) is 1.91. The summed E-state index contributed by atoms with van der Waals surface area (Å²) in [5.41, 5.74) is 0. The Morgan fingerprint density at radius 2 is 2.17 bits per heavy atom. The van der Waals surface area contributed by atoms with Crippen LogP contribution in [0, 0.1) is 5.82 Å². The topological polar surface area (TPSA) is 51.2 Å². The molecule has 23 heavy (non-hydrogen) atoms. The van der Waals surface area contributed by atoms with Crippen LogP contribution in [0.15, 0.2) is 24.3 Å². The lowest BCUT2D eigenvalue weighted by Gasteiger charge is -2.21. The molecule has 5 nitrogen and oxygen atoms in total. The maximum atomic E-state index is 12.8. The molecule has 0 saturated carbocycles. The van der Waals surface area contributed by atoms with Gasteiger partial charge in [0.05, 0.1) is 25.4 Å². The zero-order chi connectivity index (χ0) is 16.5. The van der Waals surface area contributed by atoms with Gasteiger partial charge >= 0.3 is 0 Å². The number of likely N-dealkylation sites (N-methyl/N-ethyl adjacent to an activating group) is 1. The Balaban J connectivity index is 1.52. The standard InChI is InChI=1S/C17H26FNO4/c1-19(8-10-23-16-6-4-14(18)5-7-16)11-15(20)12-21-13-17-3-2-9-22-17/h4-7,15,17,20H,2-3,8-13H2,1H3. The van der Waals surface area contributed by atoms with Gasteiger partial charge in [0.1, 0.15) is 18.2 Å². The molecule has 6 heteroatoms. The molecule has 1 saturated heterocycles. The van der Waals surface area contributed by atoms with E-state index in [4.69, 9.17) is 14.2 Å². The Morgan fingerprint density at radius 3 is 2.87 bits per heavy atom. The van der Waals surface area contributed by atoms with E-state index in [2.05, 4.69) is 0 Å². The molecule has 0 aromatic heterocycles. The van der Waals surface area contributed by atoms with Gasteiger partial charge in [-0.2, -0.15) is 0 Å². The maximum absolute atomic E-state index is 12.8. The first-order chi connectivity index (χ1) is 11.1. The summed E-state index contributed by atoms with van der Waals surface area (Å²) in [6, 6.07) is 5.94. The molecule has 0 aliphatic carbocycles. The SMILES string of the molecule is CN(CCOc1ccc(F)cc1)CC(O)COCC1CCCO1. The molecule has 1 heterocycles. The van der Waals surface area contributed by atoms with Gasteiger partial charge in [-0.1, -0.05) is 0 Å². The quantitative estimate of drug-likeness (QED) is 0.709. The van der Waals surface area contributed by atoms with Gasteiger partial charge in [-0.25, -0.2) is 4.39 Å². The zero-order valence-corrected chi connectivity index (χ0v) is 13.6. The lowest BCUT2D eigenvalue weighted by molar-refractivity contribution is -0.0239. The van der Waals surface area contributed by atoms with E-state index in [1.807, 2.05) is 11.9 Å². The summed E-state index contributed by atoms with van der Waals surface area (Å²) in [6.07, 6.45) is 1.78. The third kappa shape index (κ3) is 7.26. The molecule has 0 bridgehead atoms. The zero-order valence-electron chi connectivity index (χ0n) is 13.6. The van der Waals surface area contributed by atoms with Gasteiger partial charge in [-0.15, -0.1) is 0 Å². The van der Waals surface area contributed by atoms with Crippen molar-refractivity contribution in [3.63, 3.8) is 0 Å². The lowest BCUT2D eigenvalue weighted by atomic mass is 10.2. The first kappa shape index (κ1) is 18.1. The molecule has 0 spiro atoms. The Bertz CT molecular complexity index is 437. The minimum Gasteiger partial charge on any atom is -0.492 e. The smallest absolute Gasteiger partial charge is 0.123 e. The van der Waals surface area contributed by atoms with Crippen LogP contribution in [0.1, 0.15) is 12.8 Å². The predicted molar refractivity (Wildman–Crippen MR) is 85.2 cm³/mol. The molecule has 0 amide bonds. The minimum absolute atomic E-state index is 0.184. The van der Waals surface area contributed by atoms with E-state index in [0.29, 0.717) is 38.7 Å². The molecule has 2 unspecified atom stereocenters. The highest BCUT2D eigenvalue weighted by molar-refractivity contribution is 5.21. The first-order valence-electron chi connectivity index (χ1n) is 8.08. The van der Waals surface area contributed by atoms with Crippen LogP contribution in [0.25, 0.3) is 0 Å². The number of rotatable bonds is 10. The number of hydrogen-bond donors (Lipinski definition) is 1. The van der Waals surface area contributed by atoms with Crippen molar-refractivity contribution in [3.8, 4) is 5.75 Å². The van der Waals surface area contributed by atoms with E-state index in [9.17, 15) is 9.50 Å². The highest BCUT2D eigenvalue weighted by Gasteiger charge is 2.16. The van der Waals surface area contributed by atoms with Gasteiger partial charge in [-0.05, 0) is 44.2 Å². The molecule has 2 rings (SSSR count). The van der Waals surface area contributed by atoms with Crippen LogP contribution in [0.2, 0.25) is 0 Å². The molecule has 1 aliphatic rings. The van der Waals surface area contributed by atoms with Crippen molar-refractivity contribution in [1.82, 2.24) is 4.90 Å². The largest absolute Gasteiger partial charge is 0.492 e. The van der Waals surface area contributed by atoms with Crippen molar-refractivity contribution >= 4 is 0 Å². The number of nitrogens with zero attached hydrogens (tertiary/aromatic N) is 1. The minimum atomic E-state index is -0.535. The van der Waals surface area contributed by atoms with E-state index in [0.717, 1.165) is 19.4 Å². The van der Waals surface area contributed by atoms with Gasteiger partial charge in [0.25, 0.3) is 0 Å². The Morgan fingerprint density at radius 1 is 1.39 bits per heavy atom. The lowest BCUT2D eigenvalue weighted by Crippen LogP contribution is -2.35. The molecule has 1 aromatic carbocycles. The summed E-state index contributed by atoms with van der Waals surface area (Å²) >= 11 is 0. The van der Waals surface area contributed by atoms with Crippen LogP contribution in [0.4, 0.5) is 4.39 Å².